The van der Waals surface area contributed by atoms with Gasteiger partial charge in [-0.1, -0.05) is 18.2 Å². The molecular weight excluding hydrogens is 368 g/mol. The first-order chi connectivity index (χ1) is 14.1. The third-order valence-electron chi connectivity index (χ3n) is 5.05. The molecule has 1 saturated carbocycles. The molecule has 1 fully saturated rings. The van der Waals surface area contributed by atoms with Crippen LogP contribution in [0.3, 0.4) is 0 Å². The van der Waals surface area contributed by atoms with Crippen molar-refractivity contribution >= 4 is 11.6 Å². The Labute approximate surface area is 169 Å². The van der Waals surface area contributed by atoms with Crippen LogP contribution in [0.2, 0.25) is 0 Å². The lowest BCUT2D eigenvalue weighted by atomic mass is 10.0. The first-order valence-corrected chi connectivity index (χ1v) is 9.66. The van der Waals surface area contributed by atoms with E-state index in [4.69, 9.17) is 4.74 Å². The van der Waals surface area contributed by atoms with Gasteiger partial charge in [-0.25, -0.2) is 0 Å². The molecule has 0 bridgehead atoms. The van der Waals surface area contributed by atoms with Gasteiger partial charge in [0.25, 0.3) is 0 Å². The smallest absolute Gasteiger partial charge is 0.239 e. The molecule has 29 heavy (non-hydrogen) atoms. The topological polar surface area (TPSA) is 94.0 Å². The molecule has 2 N–H and O–H groups in total. The number of aromatic nitrogens is 4. The molecule has 4 rings (SSSR count). The van der Waals surface area contributed by atoms with Gasteiger partial charge in [-0.3, -0.25) is 4.79 Å². The van der Waals surface area contributed by atoms with Gasteiger partial charge >= 0.3 is 0 Å². The summed E-state index contributed by atoms with van der Waals surface area (Å²) in [6.45, 7) is 2.03. The lowest BCUT2D eigenvalue weighted by Gasteiger charge is -2.19. The molecular formula is C21H24N6O2. The number of benzene rings is 2. The highest BCUT2D eigenvalue weighted by atomic mass is 16.5. The van der Waals surface area contributed by atoms with Crippen LogP contribution in [0.4, 0.5) is 5.69 Å². The molecule has 1 heterocycles. The molecule has 1 atom stereocenters. The van der Waals surface area contributed by atoms with Crippen molar-refractivity contribution in [3.05, 3.63) is 59.9 Å². The maximum absolute atomic E-state index is 12.6. The number of tetrazole rings is 1. The SMILES string of the molecule is COc1ccc(C(NC(=O)CNc2cccc(-n3nnnc3C)c2)C2CC2)cc1. The highest BCUT2D eigenvalue weighted by Gasteiger charge is 2.33. The van der Waals surface area contributed by atoms with E-state index < -0.39 is 0 Å². The van der Waals surface area contributed by atoms with Crippen LogP contribution < -0.4 is 15.4 Å². The summed E-state index contributed by atoms with van der Waals surface area (Å²) in [6, 6.07) is 15.6. The normalized spacial score (nSPS) is 14.3. The Kier molecular flexibility index (Phi) is 5.41. The van der Waals surface area contributed by atoms with E-state index in [1.807, 2.05) is 55.5 Å². The van der Waals surface area contributed by atoms with Crippen LogP contribution in [-0.4, -0.2) is 39.8 Å². The molecule has 0 aliphatic heterocycles. The van der Waals surface area contributed by atoms with Gasteiger partial charge in [-0.05, 0) is 72.0 Å². The van der Waals surface area contributed by atoms with E-state index in [1.165, 1.54) is 0 Å². The van der Waals surface area contributed by atoms with Gasteiger partial charge in [0.05, 0.1) is 25.4 Å². The summed E-state index contributed by atoms with van der Waals surface area (Å²) < 4.78 is 6.88. The van der Waals surface area contributed by atoms with E-state index in [2.05, 4.69) is 26.2 Å². The van der Waals surface area contributed by atoms with Crippen molar-refractivity contribution in [3.63, 3.8) is 0 Å². The largest absolute Gasteiger partial charge is 0.497 e. The van der Waals surface area contributed by atoms with E-state index in [0.29, 0.717) is 11.7 Å². The van der Waals surface area contributed by atoms with E-state index in [9.17, 15) is 4.79 Å². The quantitative estimate of drug-likeness (QED) is 0.612. The van der Waals surface area contributed by atoms with E-state index >= 15 is 0 Å². The van der Waals surface area contributed by atoms with E-state index in [1.54, 1.807) is 11.8 Å². The Balaban J connectivity index is 1.38. The lowest BCUT2D eigenvalue weighted by Crippen LogP contribution is -2.34. The number of anilines is 1. The van der Waals surface area contributed by atoms with Gasteiger partial charge in [-0.2, -0.15) is 4.68 Å². The Hall–Kier alpha value is -3.42. The molecule has 8 nitrogen and oxygen atoms in total. The number of amides is 1. The fraction of sp³-hybridized carbons (Fsp3) is 0.333. The number of hydrogen-bond acceptors (Lipinski definition) is 6. The molecule has 0 radical (unpaired) electrons. The molecule has 1 amide bonds. The summed E-state index contributed by atoms with van der Waals surface area (Å²) in [6.07, 6.45) is 2.27. The molecule has 1 aliphatic rings. The number of methoxy groups -OCH3 is 1. The zero-order chi connectivity index (χ0) is 20.2. The molecule has 0 spiro atoms. The highest BCUT2D eigenvalue weighted by molar-refractivity contribution is 5.81. The van der Waals surface area contributed by atoms with Gasteiger partial charge in [-0.15, -0.1) is 5.10 Å². The number of aryl methyl sites for hydroxylation is 1. The predicted molar refractivity (Wildman–Crippen MR) is 109 cm³/mol. The van der Waals surface area contributed by atoms with Crippen molar-refractivity contribution < 1.29 is 9.53 Å². The Morgan fingerprint density at radius 2 is 2.03 bits per heavy atom. The zero-order valence-electron chi connectivity index (χ0n) is 16.5. The second-order valence-electron chi connectivity index (χ2n) is 7.20. The molecule has 1 aliphatic carbocycles. The van der Waals surface area contributed by atoms with Crippen LogP contribution in [0.25, 0.3) is 5.69 Å². The summed E-state index contributed by atoms with van der Waals surface area (Å²) in [5.41, 5.74) is 2.78. The van der Waals surface area contributed by atoms with Gasteiger partial charge in [0.15, 0.2) is 5.82 Å². The molecule has 1 aromatic heterocycles. The first kappa shape index (κ1) is 18.9. The third-order valence-corrected chi connectivity index (χ3v) is 5.05. The maximum atomic E-state index is 12.6. The van der Waals surface area contributed by atoms with Gasteiger partial charge in [0, 0.05) is 5.69 Å². The summed E-state index contributed by atoms with van der Waals surface area (Å²) in [4.78, 5) is 12.6. The number of ether oxygens (including phenoxy) is 1. The zero-order valence-corrected chi connectivity index (χ0v) is 16.5. The fourth-order valence-corrected chi connectivity index (χ4v) is 3.34. The molecule has 150 valence electrons. The average molecular weight is 392 g/mol. The fourth-order valence-electron chi connectivity index (χ4n) is 3.34. The summed E-state index contributed by atoms with van der Waals surface area (Å²) in [5, 5.41) is 17.9. The number of nitrogens with zero attached hydrogens (tertiary/aromatic N) is 4. The predicted octanol–water partition coefficient (Wildman–Crippen LogP) is 2.66. The summed E-state index contributed by atoms with van der Waals surface area (Å²) in [5.74, 6) is 1.97. The minimum Gasteiger partial charge on any atom is -0.497 e. The molecule has 2 aromatic carbocycles. The van der Waals surface area contributed by atoms with Crippen LogP contribution in [-0.2, 0) is 4.79 Å². The van der Waals surface area contributed by atoms with Crippen LogP contribution >= 0.6 is 0 Å². The van der Waals surface area contributed by atoms with Crippen molar-refractivity contribution in [1.29, 1.82) is 0 Å². The minimum absolute atomic E-state index is 0.0328. The molecule has 3 aromatic rings. The standard InChI is InChI=1S/C21H24N6O2/c1-14-24-25-26-27(14)18-5-3-4-17(12-18)22-13-20(28)23-21(15-6-7-15)16-8-10-19(29-2)11-9-16/h3-5,8-12,15,21-22H,6-7,13H2,1-2H3,(H,23,28). The third kappa shape index (κ3) is 4.53. The molecule has 1 unspecified atom stereocenters. The second-order valence-corrected chi connectivity index (χ2v) is 7.20. The van der Waals surface area contributed by atoms with Crippen LogP contribution in [0, 0.1) is 12.8 Å². The second kappa shape index (κ2) is 8.30. The Bertz CT molecular complexity index is 981. The van der Waals surface area contributed by atoms with E-state index in [0.717, 1.165) is 35.5 Å². The summed E-state index contributed by atoms with van der Waals surface area (Å²) in [7, 11) is 1.65. The molecule has 8 heteroatoms. The number of carbonyl (C=O) groups is 1. The Morgan fingerprint density at radius 3 is 2.69 bits per heavy atom. The summed E-state index contributed by atoms with van der Waals surface area (Å²) >= 11 is 0. The maximum Gasteiger partial charge on any atom is 0.239 e. The van der Waals surface area contributed by atoms with Crippen LogP contribution in [0.15, 0.2) is 48.5 Å². The average Bonchev–Trinajstić information content (AvgIpc) is 3.51. The van der Waals surface area contributed by atoms with Crippen molar-refractivity contribution in [2.45, 2.75) is 25.8 Å². The van der Waals surface area contributed by atoms with Crippen molar-refractivity contribution in [3.8, 4) is 11.4 Å². The lowest BCUT2D eigenvalue weighted by molar-refractivity contribution is -0.120. The van der Waals surface area contributed by atoms with Gasteiger partial charge < -0.3 is 15.4 Å². The molecule has 0 saturated heterocycles. The van der Waals surface area contributed by atoms with Crippen LogP contribution in [0.5, 0.6) is 5.75 Å². The monoisotopic (exact) mass is 392 g/mol. The van der Waals surface area contributed by atoms with Gasteiger partial charge in [0.2, 0.25) is 5.91 Å². The van der Waals surface area contributed by atoms with Gasteiger partial charge in [0.1, 0.15) is 5.75 Å². The highest BCUT2D eigenvalue weighted by Crippen LogP contribution is 2.41. The van der Waals surface area contributed by atoms with Crippen molar-refractivity contribution in [1.82, 2.24) is 25.5 Å². The van der Waals surface area contributed by atoms with Crippen LogP contribution in [0.1, 0.15) is 30.3 Å². The number of nitrogens with one attached hydrogen (secondary N) is 2. The van der Waals surface area contributed by atoms with Crippen molar-refractivity contribution in [2.75, 3.05) is 19.0 Å². The number of rotatable bonds is 8. The van der Waals surface area contributed by atoms with Crippen molar-refractivity contribution in [2.24, 2.45) is 5.92 Å². The minimum atomic E-state index is -0.0401. The first-order valence-electron chi connectivity index (χ1n) is 9.66. The Morgan fingerprint density at radius 1 is 1.24 bits per heavy atom. The number of carbonyl (C=O) groups excluding carboxylic acids is 1. The van der Waals surface area contributed by atoms with E-state index in [-0.39, 0.29) is 18.5 Å². The number of hydrogen-bond donors (Lipinski definition) is 2.